The molecule has 0 radical (unpaired) electrons. The first-order valence-corrected chi connectivity index (χ1v) is 5.18. The Balaban J connectivity index is 2.97. The smallest absolute Gasteiger partial charge is 0.481 e. The molecule has 1 aromatic carbocycles. The van der Waals surface area contributed by atoms with Crippen LogP contribution >= 0.6 is 0 Å². The van der Waals surface area contributed by atoms with Gasteiger partial charge < -0.3 is 9.84 Å². The molecule has 0 saturated heterocycles. The monoisotopic (exact) mass is 262 g/mol. The Labute approximate surface area is 102 Å². The molecule has 0 aromatic heterocycles. The Morgan fingerprint density at radius 3 is 2.44 bits per heavy atom. The van der Waals surface area contributed by atoms with Crippen LogP contribution in [0.15, 0.2) is 24.3 Å². The maximum atomic E-state index is 12.1. The predicted octanol–water partition coefficient (Wildman–Crippen LogP) is 3.34. The molecule has 0 saturated carbocycles. The molecule has 0 aliphatic heterocycles. The number of benzene rings is 1. The number of aliphatic carboxylic acids is 1. The number of carboxylic acid groups (broad SMARTS) is 1. The summed E-state index contributed by atoms with van der Waals surface area (Å²) in [6.07, 6.45) is -4.93. The van der Waals surface area contributed by atoms with Crippen LogP contribution in [0.4, 0.5) is 13.2 Å². The van der Waals surface area contributed by atoms with Gasteiger partial charge in [0.2, 0.25) is 0 Å². The van der Waals surface area contributed by atoms with E-state index in [1.165, 1.54) is 18.2 Å². The van der Waals surface area contributed by atoms with Crippen molar-refractivity contribution in [3.05, 3.63) is 29.8 Å². The van der Waals surface area contributed by atoms with Gasteiger partial charge in [0.15, 0.2) is 0 Å². The first kappa shape index (κ1) is 14.3. The third-order valence-electron chi connectivity index (χ3n) is 2.44. The molecule has 1 N–H and O–H groups in total. The number of halogens is 3. The zero-order chi connectivity index (χ0) is 14.0. The molecule has 18 heavy (non-hydrogen) atoms. The Morgan fingerprint density at radius 1 is 1.33 bits per heavy atom. The largest absolute Gasteiger partial charge is 0.573 e. The molecule has 6 heteroatoms. The molecule has 0 fully saturated rings. The van der Waals surface area contributed by atoms with Crippen LogP contribution in [0.5, 0.6) is 5.75 Å². The summed E-state index contributed by atoms with van der Waals surface area (Å²) in [6.45, 7) is 3.29. The van der Waals surface area contributed by atoms with E-state index in [0.29, 0.717) is 5.56 Å². The number of rotatable bonds is 4. The summed E-state index contributed by atoms with van der Waals surface area (Å²) in [4.78, 5) is 10.7. The molecule has 0 amide bonds. The lowest BCUT2D eigenvalue weighted by Crippen LogP contribution is -2.22. The molecule has 0 spiro atoms. The first-order chi connectivity index (χ1) is 8.10. The normalized spacial score (nSPS) is 12.3. The van der Waals surface area contributed by atoms with Crippen LogP contribution in [0.1, 0.15) is 25.8 Å². The minimum Gasteiger partial charge on any atom is -0.481 e. The van der Waals surface area contributed by atoms with Gasteiger partial charge in [-0.15, -0.1) is 13.2 Å². The molecule has 0 atom stereocenters. The molecular weight excluding hydrogens is 249 g/mol. The van der Waals surface area contributed by atoms with Crippen LogP contribution in [0.2, 0.25) is 0 Å². The molecule has 100 valence electrons. The zero-order valence-electron chi connectivity index (χ0n) is 9.91. The van der Waals surface area contributed by atoms with Crippen molar-refractivity contribution in [2.75, 3.05) is 0 Å². The second-order valence-corrected chi connectivity index (χ2v) is 4.53. The van der Waals surface area contributed by atoms with E-state index in [-0.39, 0.29) is 12.2 Å². The fraction of sp³-hybridized carbons (Fsp3) is 0.417. The van der Waals surface area contributed by atoms with Crippen molar-refractivity contribution in [3.63, 3.8) is 0 Å². The average molecular weight is 262 g/mol. The third kappa shape index (κ3) is 4.27. The van der Waals surface area contributed by atoms with Crippen molar-refractivity contribution in [2.24, 2.45) is 0 Å². The highest BCUT2D eigenvalue weighted by Crippen LogP contribution is 2.31. The van der Waals surface area contributed by atoms with Crippen molar-refractivity contribution in [1.82, 2.24) is 0 Å². The molecule has 0 aliphatic rings. The minimum absolute atomic E-state index is 0.178. The van der Waals surface area contributed by atoms with Gasteiger partial charge in [-0.2, -0.15) is 0 Å². The summed E-state index contributed by atoms with van der Waals surface area (Å²) >= 11 is 0. The van der Waals surface area contributed by atoms with Crippen LogP contribution in [-0.4, -0.2) is 17.4 Å². The predicted molar refractivity (Wildman–Crippen MR) is 58.4 cm³/mol. The highest BCUT2D eigenvalue weighted by Gasteiger charge is 2.32. The summed E-state index contributed by atoms with van der Waals surface area (Å²) < 4.78 is 40.0. The maximum absolute atomic E-state index is 12.1. The van der Waals surface area contributed by atoms with Gasteiger partial charge in [0.25, 0.3) is 0 Å². The number of hydrogen-bond donors (Lipinski definition) is 1. The molecule has 0 bridgehead atoms. The lowest BCUT2D eigenvalue weighted by atomic mass is 9.81. The lowest BCUT2D eigenvalue weighted by molar-refractivity contribution is -0.274. The maximum Gasteiger partial charge on any atom is 0.573 e. The van der Waals surface area contributed by atoms with E-state index in [9.17, 15) is 18.0 Å². The zero-order valence-corrected chi connectivity index (χ0v) is 9.91. The molecule has 0 heterocycles. The molecular formula is C12H13F3O3. The minimum atomic E-state index is -4.75. The van der Waals surface area contributed by atoms with Crippen molar-refractivity contribution in [1.29, 1.82) is 0 Å². The average Bonchev–Trinajstić information content (AvgIpc) is 2.13. The molecule has 0 aliphatic carbocycles. The van der Waals surface area contributed by atoms with Crippen LogP contribution in [0.3, 0.4) is 0 Å². The summed E-state index contributed by atoms with van der Waals surface area (Å²) in [5.74, 6) is -1.36. The van der Waals surface area contributed by atoms with Crippen molar-refractivity contribution < 1.29 is 27.8 Å². The lowest BCUT2D eigenvalue weighted by Gasteiger charge is -2.23. The SMILES string of the molecule is CC(C)(CC(=O)O)c1cccc(OC(F)(F)F)c1. The molecule has 0 unspecified atom stereocenters. The van der Waals surface area contributed by atoms with E-state index < -0.39 is 17.7 Å². The topological polar surface area (TPSA) is 46.5 Å². The number of alkyl halides is 3. The Morgan fingerprint density at radius 2 is 1.94 bits per heavy atom. The third-order valence-corrected chi connectivity index (χ3v) is 2.44. The van der Waals surface area contributed by atoms with Gasteiger partial charge in [-0.3, -0.25) is 4.79 Å². The Kier molecular flexibility index (Phi) is 3.88. The number of ether oxygens (including phenoxy) is 1. The standard InChI is InChI=1S/C12H13F3O3/c1-11(2,7-10(16)17)8-4-3-5-9(6-8)18-12(13,14)15/h3-6H,7H2,1-2H3,(H,16,17). The van der Waals surface area contributed by atoms with Crippen LogP contribution < -0.4 is 4.74 Å². The Hall–Kier alpha value is -1.72. The van der Waals surface area contributed by atoms with Gasteiger partial charge in [0.05, 0.1) is 6.42 Å². The van der Waals surface area contributed by atoms with E-state index >= 15 is 0 Å². The van der Waals surface area contributed by atoms with Gasteiger partial charge in [0, 0.05) is 5.41 Å². The van der Waals surface area contributed by atoms with Gasteiger partial charge in [0.1, 0.15) is 5.75 Å². The number of hydrogen-bond acceptors (Lipinski definition) is 2. The van der Waals surface area contributed by atoms with Gasteiger partial charge in [-0.1, -0.05) is 26.0 Å². The fourth-order valence-corrected chi connectivity index (χ4v) is 1.59. The highest BCUT2D eigenvalue weighted by atomic mass is 19.4. The first-order valence-electron chi connectivity index (χ1n) is 5.18. The summed E-state index contributed by atoms with van der Waals surface area (Å²) in [5, 5.41) is 8.75. The second kappa shape index (κ2) is 4.88. The fourth-order valence-electron chi connectivity index (χ4n) is 1.59. The quantitative estimate of drug-likeness (QED) is 0.905. The second-order valence-electron chi connectivity index (χ2n) is 4.53. The van der Waals surface area contributed by atoms with Gasteiger partial charge >= 0.3 is 12.3 Å². The van der Waals surface area contributed by atoms with Crippen LogP contribution in [-0.2, 0) is 10.2 Å². The number of carbonyl (C=O) groups is 1. The molecule has 1 aromatic rings. The summed E-state index contributed by atoms with van der Waals surface area (Å²) in [5.41, 5.74) is -0.289. The van der Waals surface area contributed by atoms with E-state index in [1.54, 1.807) is 19.9 Å². The van der Waals surface area contributed by atoms with E-state index in [4.69, 9.17) is 5.11 Å². The van der Waals surface area contributed by atoms with Gasteiger partial charge in [-0.25, -0.2) is 0 Å². The molecule has 1 rings (SSSR count). The van der Waals surface area contributed by atoms with Crippen LogP contribution in [0, 0.1) is 0 Å². The highest BCUT2D eigenvalue weighted by molar-refractivity contribution is 5.69. The van der Waals surface area contributed by atoms with Crippen molar-refractivity contribution in [3.8, 4) is 5.75 Å². The van der Waals surface area contributed by atoms with E-state index in [0.717, 1.165) is 0 Å². The van der Waals surface area contributed by atoms with Crippen molar-refractivity contribution >= 4 is 5.97 Å². The number of carboxylic acids is 1. The summed E-state index contributed by atoms with van der Waals surface area (Å²) in [6, 6.07) is 5.36. The van der Waals surface area contributed by atoms with E-state index in [1.807, 2.05) is 0 Å². The van der Waals surface area contributed by atoms with Crippen molar-refractivity contribution in [2.45, 2.75) is 32.0 Å². The van der Waals surface area contributed by atoms with Gasteiger partial charge in [-0.05, 0) is 17.7 Å². The summed E-state index contributed by atoms with van der Waals surface area (Å²) in [7, 11) is 0. The van der Waals surface area contributed by atoms with E-state index in [2.05, 4.69) is 4.74 Å². The van der Waals surface area contributed by atoms with Crippen LogP contribution in [0.25, 0.3) is 0 Å². The Bertz CT molecular complexity index is 438. The molecule has 3 nitrogen and oxygen atoms in total.